The number of benzene rings is 7. The molecule has 5 aromatic heterocycles. The molecular weight excluding hydrogens is 1190 g/mol. The molecule has 0 atom stereocenters. The summed E-state index contributed by atoms with van der Waals surface area (Å²) in [7, 11) is 0. The zero-order valence-corrected chi connectivity index (χ0v) is 58.5. The largest absolute Gasteiger partial charge is 0.461 e. The van der Waals surface area contributed by atoms with Crippen molar-refractivity contribution >= 4 is 67.7 Å². The quantitative estimate of drug-likeness (QED) is 0.171. The van der Waals surface area contributed by atoms with Crippen molar-refractivity contribution in [1.82, 2.24) is 15.0 Å². The van der Waals surface area contributed by atoms with E-state index in [2.05, 4.69) is 198 Å². The molecule has 6 heterocycles. The van der Waals surface area contributed by atoms with Crippen LogP contribution in [-0.2, 0) is 38.5 Å². The van der Waals surface area contributed by atoms with Crippen LogP contribution in [0.4, 0.5) is 18.9 Å². The summed E-state index contributed by atoms with van der Waals surface area (Å²) in [4.78, 5) is 16.4. The maximum absolute atomic E-state index is 12.5. The number of aliphatic imine (C=N–C) groups is 1. The summed E-state index contributed by atoms with van der Waals surface area (Å²) >= 11 is 0. The number of fused-ring (bicyclic) bond motifs is 7. The first-order chi connectivity index (χ1) is 44.8. The normalized spacial score (nSPS) is 12.6. The molecule has 0 amide bonds. The molecule has 0 bridgehead atoms. The Morgan fingerprint density at radius 1 is 0.442 bits per heavy atom. The van der Waals surface area contributed by atoms with Gasteiger partial charge in [-0.1, -0.05) is 182 Å². The first-order valence-electron chi connectivity index (χ1n) is 32.6. The van der Waals surface area contributed by atoms with Gasteiger partial charge in [-0.15, -0.1) is 0 Å². The highest BCUT2D eigenvalue weighted by atomic mass is 19.4. The Balaban J connectivity index is 0.000000140. The standard InChI is InChI=1S/C14H18O.C13H17NO.C11H12.C10H10.C9H12F3NO.C9H9N.C9H8O.C8H7NO/c1-10-7-12-6-5-11(8-13(12)15-10)9-14(2,3)4;1-9-14-11-6-5-10(7-12(11)15-9)8-13(2,3)4;1-8-3-5-10-6-4-9(2)11(10)7-8;1-8-5-6-9-3-2-4-10(9)7-8;1-6-13-5-7(14-6)4-8(2,3)9(10,11)12;1-7-2-3-8-4-5-10-9(8)6-7;1-7-6-8-4-2-3-5-9(8)10-7;1-6-9-7-4-2-3-5-8(7)10-6/h5-8H,9H2,1-4H3;5-7H,8H2,1-4H3;3-5,7H,6H2,1-2H3;2,4-7H,3H2,1H3;5H,4H2,1-3H3;2-3,5-6H,4H2,1H3;2-6H,1H3;2-5H,1H3. The Morgan fingerprint density at radius 3 is 1.61 bits per heavy atom. The van der Waals surface area contributed by atoms with Gasteiger partial charge in [-0.3, -0.25) is 4.99 Å². The molecule has 0 unspecified atom stereocenters. The van der Waals surface area contributed by atoms with Crippen LogP contribution in [0.15, 0.2) is 197 Å². The predicted molar refractivity (Wildman–Crippen MR) is 386 cm³/mol. The minimum absolute atomic E-state index is 0.183. The van der Waals surface area contributed by atoms with E-state index in [0.29, 0.717) is 16.7 Å². The lowest BCUT2D eigenvalue weighted by Gasteiger charge is -2.26. The number of nitrogens with zero attached hydrogens (tertiary/aromatic N) is 4. The van der Waals surface area contributed by atoms with Crippen LogP contribution in [0.25, 0.3) is 55.8 Å². The van der Waals surface area contributed by atoms with E-state index >= 15 is 0 Å². The lowest BCUT2D eigenvalue weighted by molar-refractivity contribution is -0.212. The monoisotopic (exact) mass is 1280 g/mol. The number of hydrogen-bond donors (Lipinski definition) is 0. The van der Waals surface area contributed by atoms with E-state index < -0.39 is 11.6 Å². The summed E-state index contributed by atoms with van der Waals surface area (Å²) in [6.07, 6.45) is 11.0. The number of halogens is 3. The van der Waals surface area contributed by atoms with Gasteiger partial charge in [0.2, 0.25) is 0 Å². The van der Waals surface area contributed by atoms with Crippen LogP contribution in [0, 0.1) is 71.6 Å². The number of alkyl halides is 3. The van der Waals surface area contributed by atoms with Crippen molar-refractivity contribution in [3.05, 3.63) is 261 Å². The third-order valence-corrected chi connectivity index (χ3v) is 15.8. The van der Waals surface area contributed by atoms with Crippen LogP contribution in [0.2, 0.25) is 0 Å². The number of aromatic nitrogens is 3. The highest BCUT2D eigenvalue weighted by Crippen LogP contribution is 2.40. The molecular formula is C83H93F3N4O5. The zero-order valence-electron chi connectivity index (χ0n) is 58.5. The van der Waals surface area contributed by atoms with E-state index in [1.165, 1.54) is 78.2 Å². The molecule has 15 rings (SSSR count). The minimum Gasteiger partial charge on any atom is -0.461 e. The second-order valence-electron chi connectivity index (χ2n) is 27.9. The fourth-order valence-corrected chi connectivity index (χ4v) is 11.0. The van der Waals surface area contributed by atoms with E-state index in [9.17, 15) is 13.2 Å². The van der Waals surface area contributed by atoms with Gasteiger partial charge in [-0.2, -0.15) is 13.2 Å². The van der Waals surface area contributed by atoms with Gasteiger partial charge in [0.15, 0.2) is 28.8 Å². The molecule has 3 aliphatic rings. The van der Waals surface area contributed by atoms with Crippen LogP contribution in [-0.4, -0.2) is 27.3 Å². The van der Waals surface area contributed by atoms with E-state index in [-0.39, 0.29) is 12.2 Å². The maximum Gasteiger partial charge on any atom is 0.394 e. The summed E-state index contributed by atoms with van der Waals surface area (Å²) in [6.45, 7) is 33.6. The van der Waals surface area contributed by atoms with Crippen molar-refractivity contribution in [1.29, 1.82) is 0 Å². The number of rotatable bonds is 4. The number of allylic oxidation sites excluding steroid dienone is 3. The van der Waals surface area contributed by atoms with E-state index in [4.69, 9.17) is 22.1 Å². The molecule has 496 valence electrons. The minimum atomic E-state index is -4.23. The van der Waals surface area contributed by atoms with E-state index in [0.717, 1.165) is 108 Å². The van der Waals surface area contributed by atoms with Crippen LogP contribution >= 0.6 is 0 Å². The van der Waals surface area contributed by atoms with Crippen molar-refractivity contribution < 1.29 is 35.3 Å². The molecule has 0 saturated heterocycles. The molecule has 0 spiro atoms. The Bertz CT molecular complexity index is 4310. The van der Waals surface area contributed by atoms with Gasteiger partial charge in [-0.25, -0.2) is 15.0 Å². The number of hydrogen-bond acceptors (Lipinski definition) is 9. The summed E-state index contributed by atoms with van der Waals surface area (Å²) in [6, 6.07) is 52.4. The van der Waals surface area contributed by atoms with E-state index in [1.54, 1.807) is 6.92 Å². The topological polar surface area (TPSA) is 117 Å². The highest BCUT2D eigenvalue weighted by Gasteiger charge is 2.47. The SMILES string of the molecule is CC1=CCc2ccc(C)cc21.Cc1cc2ccc(CC(C)(C)C)cc2o1.Cc1cc2ccccc2o1.Cc1ccc2c(c1)C=CC2.Cc1ccc2c(c1)N=CC2.Cc1nc2ccc(CC(C)(C)C)cc2o1.Cc1nc2ccccc2o1.Cc1ncc(CC(C)(C)C(F)(F)F)o1. The molecule has 0 saturated carbocycles. The molecule has 95 heavy (non-hydrogen) atoms. The molecule has 12 heteroatoms. The molecule has 0 N–H and O–H groups in total. The smallest absolute Gasteiger partial charge is 0.394 e. The average molecular weight is 1280 g/mol. The molecule has 9 nitrogen and oxygen atoms in total. The molecule has 2 aliphatic carbocycles. The third-order valence-electron chi connectivity index (χ3n) is 15.8. The Labute approximate surface area is 559 Å². The lowest BCUT2D eigenvalue weighted by atomic mass is 9.88. The Morgan fingerprint density at radius 2 is 0.989 bits per heavy atom. The average Bonchev–Trinajstić information content (AvgIpc) is 1.76. The third kappa shape index (κ3) is 21.6. The maximum atomic E-state index is 12.5. The summed E-state index contributed by atoms with van der Waals surface area (Å²) < 4.78 is 64.2. The van der Waals surface area contributed by atoms with Gasteiger partial charge in [0.1, 0.15) is 39.5 Å². The van der Waals surface area contributed by atoms with Crippen LogP contribution in [0.3, 0.4) is 0 Å². The Hall–Kier alpha value is -9.29. The van der Waals surface area contributed by atoms with Crippen LogP contribution in [0.5, 0.6) is 0 Å². The fraction of sp³-hybridized carbons (Fsp3) is 0.325. The van der Waals surface area contributed by atoms with Gasteiger partial charge in [0.25, 0.3) is 0 Å². The summed E-state index contributed by atoms with van der Waals surface area (Å²) in [5, 5.41) is 2.38. The lowest BCUT2D eigenvalue weighted by Crippen LogP contribution is -2.33. The fourth-order valence-electron chi connectivity index (χ4n) is 11.0. The molecule has 0 fully saturated rings. The number of furan rings is 2. The molecule has 7 aromatic carbocycles. The van der Waals surface area contributed by atoms with E-state index in [1.807, 2.05) is 94.6 Å². The van der Waals surface area contributed by atoms with Gasteiger partial charge >= 0.3 is 6.18 Å². The van der Waals surface area contributed by atoms with Crippen LogP contribution < -0.4 is 0 Å². The number of para-hydroxylation sites is 3. The summed E-state index contributed by atoms with van der Waals surface area (Å²) in [5.41, 5.74) is 20.9. The number of oxazole rings is 3. The molecule has 0 radical (unpaired) electrons. The van der Waals surface area contributed by atoms with Gasteiger partial charge in [0.05, 0.1) is 17.3 Å². The van der Waals surface area contributed by atoms with Gasteiger partial charge in [0, 0.05) is 50.6 Å². The second kappa shape index (κ2) is 31.3. The van der Waals surface area contributed by atoms with Crippen molar-refractivity contribution in [2.24, 2.45) is 21.2 Å². The van der Waals surface area contributed by atoms with Gasteiger partial charge < -0.3 is 22.1 Å². The molecule has 12 aromatic rings. The van der Waals surface area contributed by atoms with Crippen molar-refractivity contribution in [2.75, 3.05) is 0 Å². The molecule has 1 aliphatic heterocycles. The van der Waals surface area contributed by atoms with Crippen molar-refractivity contribution in [3.63, 3.8) is 0 Å². The van der Waals surface area contributed by atoms with Crippen LogP contribution in [0.1, 0.15) is 153 Å². The Kier molecular flexibility index (Phi) is 23.6. The zero-order chi connectivity index (χ0) is 68.8. The van der Waals surface area contributed by atoms with Crippen molar-refractivity contribution in [3.8, 4) is 0 Å². The summed E-state index contributed by atoms with van der Waals surface area (Å²) in [5.74, 6) is 4.07. The first kappa shape index (κ1) is 71.6. The second-order valence-corrected chi connectivity index (χ2v) is 27.9. The first-order valence-corrected chi connectivity index (χ1v) is 32.6. The predicted octanol–water partition coefficient (Wildman–Crippen LogP) is 23.8. The van der Waals surface area contributed by atoms with Crippen molar-refractivity contribution in [2.45, 2.75) is 162 Å². The number of aryl methyl sites for hydroxylation is 8. The highest BCUT2D eigenvalue weighted by molar-refractivity contribution is 5.80. The van der Waals surface area contributed by atoms with Gasteiger partial charge in [-0.05, 0) is 183 Å².